The van der Waals surface area contributed by atoms with E-state index in [4.69, 9.17) is 28.6 Å². The SMILES string of the molecule is S=C(N/N=C\c1ccc(OCc2ccccc2)c(Cl)c1)NC1CCCCC1. The zero-order valence-electron chi connectivity index (χ0n) is 15.2. The summed E-state index contributed by atoms with van der Waals surface area (Å²) in [6.07, 6.45) is 7.89. The number of nitrogens with zero attached hydrogens (tertiary/aromatic N) is 1. The smallest absolute Gasteiger partial charge is 0.187 e. The predicted octanol–water partition coefficient (Wildman–Crippen LogP) is 5.05. The Morgan fingerprint density at radius 2 is 1.93 bits per heavy atom. The van der Waals surface area contributed by atoms with Gasteiger partial charge < -0.3 is 10.1 Å². The number of rotatable bonds is 6. The van der Waals surface area contributed by atoms with Crippen LogP contribution in [0, 0.1) is 0 Å². The minimum atomic E-state index is 0.462. The first-order valence-electron chi connectivity index (χ1n) is 9.26. The van der Waals surface area contributed by atoms with Crippen molar-refractivity contribution in [2.75, 3.05) is 0 Å². The van der Waals surface area contributed by atoms with Crippen molar-refractivity contribution < 1.29 is 4.74 Å². The normalized spacial score (nSPS) is 14.9. The average Bonchev–Trinajstić information content (AvgIpc) is 2.69. The van der Waals surface area contributed by atoms with E-state index in [-0.39, 0.29) is 0 Å². The van der Waals surface area contributed by atoms with Gasteiger partial charge in [0, 0.05) is 6.04 Å². The maximum atomic E-state index is 6.32. The molecule has 0 amide bonds. The van der Waals surface area contributed by atoms with Gasteiger partial charge in [-0.1, -0.05) is 61.2 Å². The molecule has 6 heteroatoms. The van der Waals surface area contributed by atoms with Crippen LogP contribution in [0.2, 0.25) is 5.02 Å². The number of hydrazone groups is 1. The van der Waals surface area contributed by atoms with Gasteiger partial charge in [0.25, 0.3) is 0 Å². The molecule has 0 heterocycles. The fourth-order valence-electron chi connectivity index (χ4n) is 3.08. The van der Waals surface area contributed by atoms with E-state index in [1.54, 1.807) is 6.21 Å². The largest absolute Gasteiger partial charge is 0.487 e. The molecule has 0 radical (unpaired) electrons. The molecular weight excluding hydrogens is 378 g/mol. The van der Waals surface area contributed by atoms with Gasteiger partial charge in [-0.2, -0.15) is 5.10 Å². The standard InChI is InChI=1S/C21H24ClN3OS/c22-19-13-17(11-12-20(19)26-15-16-7-3-1-4-8-16)14-23-25-21(27)24-18-9-5-2-6-10-18/h1,3-4,7-8,11-14,18H,2,5-6,9-10,15H2,(H2,24,25,27)/b23-14-. The molecule has 2 N–H and O–H groups in total. The molecule has 4 nitrogen and oxygen atoms in total. The lowest BCUT2D eigenvalue weighted by Crippen LogP contribution is -2.40. The number of ether oxygens (including phenoxy) is 1. The van der Waals surface area contributed by atoms with Crippen LogP contribution in [0.5, 0.6) is 5.75 Å². The summed E-state index contributed by atoms with van der Waals surface area (Å²) in [5, 5.41) is 8.63. The molecule has 2 aromatic rings. The van der Waals surface area contributed by atoms with Gasteiger partial charge in [0.1, 0.15) is 12.4 Å². The van der Waals surface area contributed by atoms with Crippen LogP contribution in [0.1, 0.15) is 43.2 Å². The average molecular weight is 402 g/mol. The zero-order chi connectivity index (χ0) is 18.9. The fourth-order valence-corrected chi connectivity index (χ4v) is 3.54. The molecule has 0 unspecified atom stereocenters. The van der Waals surface area contributed by atoms with E-state index in [9.17, 15) is 0 Å². The zero-order valence-corrected chi connectivity index (χ0v) is 16.7. The highest BCUT2D eigenvalue weighted by atomic mass is 35.5. The second kappa shape index (κ2) is 10.3. The lowest BCUT2D eigenvalue weighted by atomic mass is 9.96. The Morgan fingerprint density at radius 1 is 1.15 bits per heavy atom. The first-order chi connectivity index (χ1) is 13.2. The number of halogens is 1. The maximum Gasteiger partial charge on any atom is 0.187 e. The second-order valence-electron chi connectivity index (χ2n) is 6.64. The summed E-state index contributed by atoms with van der Waals surface area (Å²) in [4.78, 5) is 0. The second-order valence-corrected chi connectivity index (χ2v) is 7.46. The number of nitrogens with one attached hydrogen (secondary N) is 2. The Morgan fingerprint density at radius 3 is 2.67 bits per heavy atom. The van der Waals surface area contributed by atoms with Crippen LogP contribution in [-0.4, -0.2) is 17.4 Å². The van der Waals surface area contributed by atoms with E-state index in [1.807, 2.05) is 48.5 Å². The van der Waals surface area contributed by atoms with Crippen LogP contribution in [0.25, 0.3) is 0 Å². The lowest BCUT2D eigenvalue weighted by molar-refractivity contribution is 0.306. The number of benzene rings is 2. The lowest BCUT2D eigenvalue weighted by Gasteiger charge is -2.23. The number of hydrogen-bond donors (Lipinski definition) is 2. The molecule has 142 valence electrons. The molecule has 27 heavy (non-hydrogen) atoms. The maximum absolute atomic E-state index is 6.32. The van der Waals surface area contributed by atoms with Crippen LogP contribution in [-0.2, 0) is 6.61 Å². The molecule has 2 aromatic carbocycles. The van der Waals surface area contributed by atoms with Crippen LogP contribution in [0.15, 0.2) is 53.6 Å². The summed E-state index contributed by atoms with van der Waals surface area (Å²) < 4.78 is 5.78. The van der Waals surface area contributed by atoms with E-state index in [1.165, 1.54) is 32.1 Å². The summed E-state index contributed by atoms with van der Waals surface area (Å²) in [6, 6.07) is 16.0. The molecule has 0 atom stereocenters. The van der Waals surface area contributed by atoms with Gasteiger partial charge in [0.2, 0.25) is 0 Å². The van der Waals surface area contributed by atoms with Gasteiger partial charge in [-0.05, 0) is 54.4 Å². The Labute approximate surface area is 171 Å². The summed E-state index contributed by atoms with van der Waals surface area (Å²) in [7, 11) is 0. The van der Waals surface area contributed by atoms with Crippen molar-refractivity contribution in [1.82, 2.24) is 10.7 Å². The van der Waals surface area contributed by atoms with Gasteiger partial charge >= 0.3 is 0 Å². The van der Waals surface area contributed by atoms with Gasteiger partial charge in [-0.15, -0.1) is 0 Å². The third-order valence-corrected chi connectivity index (χ3v) is 5.02. The van der Waals surface area contributed by atoms with Crippen molar-refractivity contribution in [2.45, 2.75) is 44.8 Å². The Balaban J connectivity index is 1.47. The van der Waals surface area contributed by atoms with E-state index >= 15 is 0 Å². The summed E-state index contributed by atoms with van der Waals surface area (Å²) in [5.74, 6) is 0.653. The van der Waals surface area contributed by atoms with Crippen molar-refractivity contribution in [3.8, 4) is 5.75 Å². The molecule has 0 aromatic heterocycles. The van der Waals surface area contributed by atoms with E-state index < -0.39 is 0 Å². The monoisotopic (exact) mass is 401 g/mol. The van der Waals surface area contributed by atoms with Gasteiger partial charge in [-0.3, -0.25) is 5.43 Å². The molecule has 1 saturated carbocycles. The topological polar surface area (TPSA) is 45.7 Å². The molecule has 1 aliphatic carbocycles. The van der Waals surface area contributed by atoms with Gasteiger partial charge in [0.15, 0.2) is 5.11 Å². The highest BCUT2D eigenvalue weighted by molar-refractivity contribution is 7.80. The first kappa shape index (κ1) is 19.6. The van der Waals surface area contributed by atoms with Crippen molar-refractivity contribution >= 4 is 35.1 Å². The number of thiocarbonyl (C=S) groups is 1. The van der Waals surface area contributed by atoms with Crippen LogP contribution in [0.4, 0.5) is 0 Å². The highest BCUT2D eigenvalue weighted by Gasteiger charge is 2.13. The summed E-state index contributed by atoms with van der Waals surface area (Å²) in [5.41, 5.74) is 4.85. The molecule has 0 aliphatic heterocycles. The molecule has 0 spiro atoms. The van der Waals surface area contributed by atoms with Crippen LogP contribution in [0.3, 0.4) is 0 Å². The highest BCUT2D eigenvalue weighted by Crippen LogP contribution is 2.25. The summed E-state index contributed by atoms with van der Waals surface area (Å²) in [6.45, 7) is 0.483. The molecule has 3 rings (SSSR count). The Kier molecular flexibility index (Phi) is 7.48. The minimum absolute atomic E-state index is 0.462. The van der Waals surface area contributed by atoms with E-state index in [0.717, 1.165) is 11.1 Å². The molecule has 0 bridgehead atoms. The van der Waals surface area contributed by atoms with Gasteiger partial charge in [0.05, 0.1) is 11.2 Å². The molecule has 1 fully saturated rings. The third-order valence-electron chi connectivity index (χ3n) is 4.51. The van der Waals surface area contributed by atoms with Crippen LogP contribution < -0.4 is 15.5 Å². The van der Waals surface area contributed by atoms with Crippen molar-refractivity contribution in [3.63, 3.8) is 0 Å². The number of hydrogen-bond acceptors (Lipinski definition) is 3. The first-order valence-corrected chi connectivity index (χ1v) is 10.1. The molecular formula is C21H24ClN3OS. The van der Waals surface area contributed by atoms with Crippen molar-refractivity contribution in [3.05, 3.63) is 64.7 Å². The summed E-state index contributed by atoms with van der Waals surface area (Å²) >= 11 is 11.6. The molecule has 0 saturated heterocycles. The Bertz CT molecular complexity index is 776. The van der Waals surface area contributed by atoms with Gasteiger partial charge in [-0.25, -0.2) is 0 Å². The van der Waals surface area contributed by atoms with Crippen LogP contribution >= 0.6 is 23.8 Å². The Hall–Kier alpha value is -2.11. The molecule has 1 aliphatic rings. The fraction of sp³-hybridized carbons (Fsp3) is 0.333. The van der Waals surface area contributed by atoms with Crippen molar-refractivity contribution in [1.29, 1.82) is 0 Å². The van der Waals surface area contributed by atoms with E-state index in [2.05, 4.69) is 15.8 Å². The third kappa shape index (κ3) is 6.52. The quantitative estimate of drug-likeness (QED) is 0.404. The predicted molar refractivity (Wildman–Crippen MR) is 116 cm³/mol. The minimum Gasteiger partial charge on any atom is -0.487 e. The van der Waals surface area contributed by atoms with Crippen molar-refractivity contribution in [2.24, 2.45) is 5.10 Å². The van der Waals surface area contributed by atoms with E-state index in [0.29, 0.717) is 28.5 Å².